The van der Waals surface area contributed by atoms with Gasteiger partial charge in [-0.15, -0.1) is 0 Å². The Labute approximate surface area is 112 Å². The van der Waals surface area contributed by atoms with Gasteiger partial charge in [0.1, 0.15) is 6.04 Å². The van der Waals surface area contributed by atoms with E-state index in [9.17, 15) is 9.59 Å². The minimum absolute atomic E-state index is 0.302. The molecular formula is C14H18N2O3. The molecule has 1 atom stereocenters. The first-order valence-electron chi connectivity index (χ1n) is 6.47. The first-order valence-corrected chi connectivity index (χ1v) is 6.47. The van der Waals surface area contributed by atoms with Crippen LogP contribution in [-0.4, -0.2) is 34.6 Å². The number of amides is 2. The van der Waals surface area contributed by atoms with Crippen molar-refractivity contribution in [1.82, 2.24) is 10.2 Å². The maximum absolute atomic E-state index is 12.0. The van der Waals surface area contributed by atoms with Crippen molar-refractivity contribution in [3.05, 3.63) is 35.4 Å². The number of hydrogen-bond acceptors (Lipinski definition) is 2. The van der Waals surface area contributed by atoms with Gasteiger partial charge in [-0.3, -0.25) is 0 Å². The van der Waals surface area contributed by atoms with Crippen LogP contribution in [0.25, 0.3) is 0 Å². The molecule has 0 aliphatic carbocycles. The van der Waals surface area contributed by atoms with Gasteiger partial charge in [0.2, 0.25) is 0 Å². The Morgan fingerprint density at radius 3 is 2.68 bits per heavy atom. The lowest BCUT2D eigenvalue weighted by Gasteiger charge is -2.29. The number of carbonyl (C=O) groups is 2. The Morgan fingerprint density at radius 2 is 2.05 bits per heavy atom. The number of urea groups is 1. The molecule has 102 valence electrons. The second-order valence-corrected chi connectivity index (χ2v) is 4.69. The molecule has 2 N–H and O–H groups in total. The average Bonchev–Trinajstić information content (AvgIpc) is 2.43. The van der Waals surface area contributed by atoms with Gasteiger partial charge in [0.05, 0.1) is 0 Å². The van der Waals surface area contributed by atoms with Crippen LogP contribution < -0.4 is 5.32 Å². The number of carboxylic acids is 1. The molecule has 5 heteroatoms. The summed E-state index contributed by atoms with van der Waals surface area (Å²) in [5.74, 6) is -0.992. The molecule has 1 aliphatic heterocycles. The summed E-state index contributed by atoms with van der Waals surface area (Å²) in [6, 6.07) is 6.90. The highest BCUT2D eigenvalue weighted by Crippen LogP contribution is 2.18. The summed E-state index contributed by atoms with van der Waals surface area (Å²) < 4.78 is 0. The van der Waals surface area contributed by atoms with Gasteiger partial charge in [0, 0.05) is 13.1 Å². The highest BCUT2D eigenvalue weighted by Gasteiger charge is 2.24. The normalized spacial score (nSPS) is 15.5. The first kappa shape index (κ1) is 13.4. The molecule has 19 heavy (non-hydrogen) atoms. The minimum Gasteiger partial charge on any atom is -0.480 e. The molecule has 0 bridgehead atoms. The second-order valence-electron chi connectivity index (χ2n) is 4.69. The number of carbonyl (C=O) groups excluding carboxylic acids is 1. The van der Waals surface area contributed by atoms with Crippen molar-refractivity contribution in [1.29, 1.82) is 0 Å². The average molecular weight is 262 g/mol. The summed E-state index contributed by atoms with van der Waals surface area (Å²) in [5.41, 5.74) is 2.39. The number of aliphatic carboxylic acids is 1. The fourth-order valence-corrected chi connectivity index (χ4v) is 2.25. The summed E-state index contributed by atoms with van der Waals surface area (Å²) in [7, 11) is 0. The zero-order valence-corrected chi connectivity index (χ0v) is 10.9. The SMILES string of the molecule is CC[C@@H](NC(=O)N1CCc2ccccc2C1)C(=O)O. The van der Waals surface area contributed by atoms with Crippen LogP contribution in [0.1, 0.15) is 24.5 Å². The van der Waals surface area contributed by atoms with Crippen molar-refractivity contribution in [3.63, 3.8) is 0 Å². The van der Waals surface area contributed by atoms with Crippen LogP contribution in [-0.2, 0) is 17.8 Å². The molecule has 1 heterocycles. The lowest BCUT2D eigenvalue weighted by atomic mass is 10.0. The van der Waals surface area contributed by atoms with Crippen LogP contribution in [0.2, 0.25) is 0 Å². The van der Waals surface area contributed by atoms with Crippen LogP contribution >= 0.6 is 0 Å². The van der Waals surface area contributed by atoms with E-state index in [1.54, 1.807) is 11.8 Å². The van der Waals surface area contributed by atoms with Gasteiger partial charge < -0.3 is 15.3 Å². The van der Waals surface area contributed by atoms with Crippen LogP contribution in [0.3, 0.4) is 0 Å². The Bertz CT molecular complexity index is 487. The number of benzene rings is 1. The van der Waals surface area contributed by atoms with Gasteiger partial charge in [-0.25, -0.2) is 9.59 Å². The number of nitrogens with zero attached hydrogens (tertiary/aromatic N) is 1. The number of nitrogens with one attached hydrogen (secondary N) is 1. The van der Waals surface area contributed by atoms with E-state index in [4.69, 9.17) is 5.11 Å². The predicted molar refractivity (Wildman–Crippen MR) is 70.8 cm³/mol. The van der Waals surface area contributed by atoms with E-state index in [0.717, 1.165) is 12.0 Å². The number of fused-ring (bicyclic) bond motifs is 1. The van der Waals surface area contributed by atoms with Gasteiger partial charge in [0.15, 0.2) is 0 Å². The van der Waals surface area contributed by atoms with E-state index in [0.29, 0.717) is 19.5 Å². The summed E-state index contributed by atoms with van der Waals surface area (Å²) in [4.78, 5) is 24.6. The molecule has 0 radical (unpaired) electrons. The summed E-state index contributed by atoms with van der Waals surface area (Å²) >= 11 is 0. The topological polar surface area (TPSA) is 69.6 Å². The Balaban J connectivity index is 2.01. The third kappa shape index (κ3) is 3.05. The van der Waals surface area contributed by atoms with Crippen LogP contribution in [0, 0.1) is 0 Å². The highest BCUT2D eigenvalue weighted by atomic mass is 16.4. The Hall–Kier alpha value is -2.04. The second kappa shape index (κ2) is 5.73. The molecule has 0 saturated heterocycles. The Kier molecular flexibility index (Phi) is 4.04. The highest BCUT2D eigenvalue weighted by molar-refractivity contribution is 5.82. The molecule has 0 spiro atoms. The van der Waals surface area contributed by atoms with Crippen molar-refractivity contribution < 1.29 is 14.7 Å². The molecule has 5 nitrogen and oxygen atoms in total. The van der Waals surface area contributed by atoms with Gasteiger partial charge in [-0.2, -0.15) is 0 Å². The minimum atomic E-state index is -0.992. The zero-order valence-electron chi connectivity index (χ0n) is 10.9. The zero-order chi connectivity index (χ0) is 13.8. The van der Waals surface area contributed by atoms with Gasteiger partial charge in [-0.1, -0.05) is 31.2 Å². The molecule has 2 amide bonds. The number of hydrogen-bond donors (Lipinski definition) is 2. The van der Waals surface area contributed by atoms with Crippen LogP contribution in [0.15, 0.2) is 24.3 Å². The lowest BCUT2D eigenvalue weighted by molar-refractivity contribution is -0.139. The first-order chi connectivity index (χ1) is 9.11. The molecule has 0 aromatic heterocycles. The molecule has 1 aliphatic rings. The van der Waals surface area contributed by atoms with Gasteiger partial charge in [-0.05, 0) is 24.0 Å². The largest absolute Gasteiger partial charge is 0.480 e. The van der Waals surface area contributed by atoms with E-state index >= 15 is 0 Å². The summed E-state index contributed by atoms with van der Waals surface area (Å²) in [6.45, 7) is 2.90. The third-order valence-electron chi connectivity index (χ3n) is 3.42. The van der Waals surface area contributed by atoms with E-state index in [2.05, 4.69) is 11.4 Å². The van der Waals surface area contributed by atoms with Crippen molar-refractivity contribution >= 4 is 12.0 Å². The van der Waals surface area contributed by atoms with Crippen molar-refractivity contribution in [2.75, 3.05) is 6.54 Å². The fourth-order valence-electron chi connectivity index (χ4n) is 2.25. The maximum atomic E-state index is 12.0. The monoisotopic (exact) mass is 262 g/mol. The fraction of sp³-hybridized carbons (Fsp3) is 0.429. The quantitative estimate of drug-likeness (QED) is 0.869. The molecular weight excluding hydrogens is 244 g/mol. The summed E-state index contributed by atoms with van der Waals surface area (Å²) in [6.07, 6.45) is 1.19. The third-order valence-corrected chi connectivity index (χ3v) is 3.42. The van der Waals surface area contributed by atoms with Gasteiger partial charge in [0.25, 0.3) is 0 Å². The smallest absolute Gasteiger partial charge is 0.326 e. The van der Waals surface area contributed by atoms with Crippen molar-refractivity contribution in [2.45, 2.75) is 32.4 Å². The van der Waals surface area contributed by atoms with Crippen LogP contribution in [0.4, 0.5) is 4.79 Å². The number of rotatable bonds is 3. The predicted octanol–water partition coefficient (Wildman–Crippen LogP) is 1.62. The van der Waals surface area contributed by atoms with E-state index < -0.39 is 12.0 Å². The molecule has 1 aromatic rings. The van der Waals surface area contributed by atoms with Crippen LogP contribution in [0.5, 0.6) is 0 Å². The Morgan fingerprint density at radius 1 is 1.37 bits per heavy atom. The van der Waals surface area contributed by atoms with E-state index in [-0.39, 0.29) is 6.03 Å². The molecule has 2 rings (SSSR count). The van der Waals surface area contributed by atoms with E-state index in [1.165, 1.54) is 5.56 Å². The molecule has 0 saturated carbocycles. The molecule has 0 unspecified atom stereocenters. The van der Waals surface area contributed by atoms with Crippen molar-refractivity contribution in [3.8, 4) is 0 Å². The van der Waals surface area contributed by atoms with E-state index in [1.807, 2.05) is 18.2 Å². The lowest BCUT2D eigenvalue weighted by Crippen LogP contribution is -2.49. The van der Waals surface area contributed by atoms with Crippen molar-refractivity contribution in [2.24, 2.45) is 0 Å². The molecule has 1 aromatic carbocycles. The van der Waals surface area contributed by atoms with Gasteiger partial charge >= 0.3 is 12.0 Å². The maximum Gasteiger partial charge on any atom is 0.326 e. The molecule has 0 fully saturated rings. The summed E-state index contributed by atoms with van der Waals surface area (Å²) in [5, 5.41) is 11.5. The number of carboxylic acid groups (broad SMARTS) is 1. The standard InChI is InChI=1S/C14H18N2O3/c1-2-12(13(17)18)15-14(19)16-8-7-10-5-3-4-6-11(10)9-16/h3-6,12H,2,7-9H2,1H3,(H,15,19)(H,17,18)/t12-/m1/s1.